The van der Waals surface area contributed by atoms with E-state index in [1.165, 1.54) is 18.1 Å². The van der Waals surface area contributed by atoms with Gasteiger partial charge in [-0.1, -0.05) is 0 Å². The molecule has 0 radical (unpaired) electrons. The smallest absolute Gasteiger partial charge is 0.338 e. The molecule has 2 heterocycles. The zero-order valence-corrected chi connectivity index (χ0v) is 12.9. The van der Waals surface area contributed by atoms with Crippen LogP contribution in [-0.2, 0) is 0 Å². The van der Waals surface area contributed by atoms with E-state index in [0.717, 1.165) is 31.9 Å². The molecule has 0 spiro atoms. The summed E-state index contributed by atoms with van der Waals surface area (Å²) in [5.74, 6) is -0.657. The van der Waals surface area contributed by atoms with Crippen LogP contribution in [0.4, 0.5) is 17.3 Å². The van der Waals surface area contributed by atoms with Crippen LogP contribution in [-0.4, -0.2) is 59.2 Å². The number of aromatic nitrogens is 2. The van der Waals surface area contributed by atoms with Crippen molar-refractivity contribution >= 4 is 23.3 Å². The SMILES string of the molecule is CN1CCN(c2ccc(Nc3ncc(C(=O)O)cn3)cc2)CC1. The zero-order valence-electron chi connectivity index (χ0n) is 12.9. The maximum absolute atomic E-state index is 10.8. The molecule has 0 bridgehead atoms. The monoisotopic (exact) mass is 313 g/mol. The summed E-state index contributed by atoms with van der Waals surface area (Å²) in [5.41, 5.74) is 2.14. The minimum absolute atomic E-state index is 0.0703. The topological polar surface area (TPSA) is 81.6 Å². The first-order valence-electron chi connectivity index (χ1n) is 7.48. The van der Waals surface area contributed by atoms with Crippen LogP contribution in [0.15, 0.2) is 36.7 Å². The largest absolute Gasteiger partial charge is 0.478 e. The Morgan fingerprint density at radius 2 is 1.70 bits per heavy atom. The summed E-state index contributed by atoms with van der Waals surface area (Å²) in [4.78, 5) is 23.5. The third kappa shape index (κ3) is 3.75. The molecule has 1 aliphatic rings. The lowest BCUT2D eigenvalue weighted by Gasteiger charge is -2.34. The first-order chi connectivity index (χ1) is 11.1. The molecule has 120 valence electrons. The van der Waals surface area contributed by atoms with Gasteiger partial charge >= 0.3 is 5.97 Å². The molecule has 7 heteroatoms. The summed E-state index contributed by atoms with van der Waals surface area (Å²) in [6.45, 7) is 4.21. The maximum atomic E-state index is 10.8. The number of carboxylic acids is 1. The molecule has 0 aliphatic carbocycles. The van der Waals surface area contributed by atoms with Crippen LogP contribution in [0, 0.1) is 0 Å². The molecule has 1 aromatic heterocycles. The lowest BCUT2D eigenvalue weighted by atomic mass is 10.2. The number of benzene rings is 1. The van der Waals surface area contributed by atoms with Crippen LogP contribution in [0.3, 0.4) is 0 Å². The predicted molar refractivity (Wildman–Crippen MR) is 88.4 cm³/mol. The molecule has 2 aromatic rings. The summed E-state index contributed by atoms with van der Waals surface area (Å²) in [7, 11) is 2.14. The second-order valence-electron chi connectivity index (χ2n) is 5.56. The number of nitrogens with zero attached hydrogens (tertiary/aromatic N) is 4. The van der Waals surface area contributed by atoms with Crippen LogP contribution < -0.4 is 10.2 Å². The summed E-state index contributed by atoms with van der Waals surface area (Å²) in [6.07, 6.45) is 2.58. The number of hydrogen-bond acceptors (Lipinski definition) is 6. The molecule has 1 saturated heterocycles. The van der Waals surface area contributed by atoms with Gasteiger partial charge in [-0.15, -0.1) is 0 Å². The van der Waals surface area contributed by atoms with Gasteiger partial charge < -0.3 is 20.2 Å². The number of hydrogen-bond donors (Lipinski definition) is 2. The molecule has 23 heavy (non-hydrogen) atoms. The fourth-order valence-electron chi connectivity index (χ4n) is 2.45. The second-order valence-corrected chi connectivity index (χ2v) is 5.56. The van der Waals surface area contributed by atoms with Gasteiger partial charge in [0.25, 0.3) is 0 Å². The number of piperazine rings is 1. The van der Waals surface area contributed by atoms with E-state index in [4.69, 9.17) is 5.11 Å². The maximum Gasteiger partial charge on any atom is 0.338 e. The molecule has 3 rings (SSSR count). The van der Waals surface area contributed by atoms with Crippen LogP contribution in [0.1, 0.15) is 10.4 Å². The Labute approximate surface area is 134 Å². The number of aromatic carboxylic acids is 1. The molecule has 1 aromatic carbocycles. The van der Waals surface area contributed by atoms with E-state index < -0.39 is 5.97 Å². The fraction of sp³-hybridized carbons (Fsp3) is 0.312. The van der Waals surface area contributed by atoms with Crippen molar-refractivity contribution in [2.75, 3.05) is 43.4 Å². The average molecular weight is 313 g/mol. The summed E-state index contributed by atoms with van der Waals surface area (Å²) >= 11 is 0. The van der Waals surface area contributed by atoms with Gasteiger partial charge in [0.2, 0.25) is 5.95 Å². The van der Waals surface area contributed by atoms with Gasteiger partial charge in [-0.3, -0.25) is 0 Å². The Morgan fingerprint density at radius 1 is 1.09 bits per heavy atom. The summed E-state index contributed by atoms with van der Waals surface area (Å²) in [6, 6.07) is 8.09. The summed E-state index contributed by atoms with van der Waals surface area (Å²) < 4.78 is 0. The normalized spacial score (nSPS) is 15.4. The van der Waals surface area contributed by atoms with Gasteiger partial charge in [-0.25, -0.2) is 14.8 Å². The Hall–Kier alpha value is -2.67. The van der Waals surface area contributed by atoms with E-state index in [-0.39, 0.29) is 5.56 Å². The van der Waals surface area contributed by atoms with E-state index >= 15 is 0 Å². The van der Waals surface area contributed by atoms with Crippen molar-refractivity contribution in [3.63, 3.8) is 0 Å². The van der Waals surface area contributed by atoms with E-state index in [0.29, 0.717) is 5.95 Å². The van der Waals surface area contributed by atoms with Crippen molar-refractivity contribution in [3.05, 3.63) is 42.2 Å². The Kier molecular flexibility index (Phi) is 4.38. The van der Waals surface area contributed by atoms with Crippen molar-refractivity contribution in [1.29, 1.82) is 0 Å². The third-order valence-corrected chi connectivity index (χ3v) is 3.89. The van der Waals surface area contributed by atoms with Crippen LogP contribution in [0.2, 0.25) is 0 Å². The van der Waals surface area contributed by atoms with E-state index in [9.17, 15) is 4.79 Å². The van der Waals surface area contributed by atoms with Gasteiger partial charge in [0.1, 0.15) is 0 Å². The molecule has 1 aliphatic heterocycles. The number of carbonyl (C=O) groups is 1. The quantitative estimate of drug-likeness (QED) is 0.888. The molecular formula is C16H19N5O2. The number of carboxylic acid groups (broad SMARTS) is 1. The standard InChI is InChI=1S/C16H19N5O2/c1-20-6-8-21(9-7-20)14-4-2-13(3-5-14)19-16-17-10-12(11-18-16)15(22)23/h2-5,10-11H,6-9H2,1H3,(H,22,23)(H,17,18,19). The van der Waals surface area contributed by atoms with Gasteiger partial charge in [-0.05, 0) is 31.3 Å². The first-order valence-corrected chi connectivity index (χ1v) is 7.48. The lowest BCUT2D eigenvalue weighted by Crippen LogP contribution is -2.44. The number of nitrogens with one attached hydrogen (secondary N) is 1. The highest BCUT2D eigenvalue weighted by Crippen LogP contribution is 2.20. The second kappa shape index (κ2) is 6.62. The van der Waals surface area contributed by atoms with E-state index in [1.807, 2.05) is 12.1 Å². The lowest BCUT2D eigenvalue weighted by molar-refractivity contribution is 0.0696. The molecule has 2 N–H and O–H groups in total. The average Bonchev–Trinajstić information content (AvgIpc) is 2.57. The number of anilines is 3. The van der Waals surface area contributed by atoms with Crippen molar-refractivity contribution in [3.8, 4) is 0 Å². The highest BCUT2D eigenvalue weighted by molar-refractivity contribution is 5.86. The Bertz CT molecular complexity index is 664. The van der Waals surface area contributed by atoms with E-state index in [2.05, 4.69) is 44.3 Å². The molecule has 1 fully saturated rings. The van der Waals surface area contributed by atoms with E-state index in [1.54, 1.807) is 0 Å². The third-order valence-electron chi connectivity index (χ3n) is 3.89. The van der Waals surface area contributed by atoms with Crippen molar-refractivity contribution in [1.82, 2.24) is 14.9 Å². The van der Waals surface area contributed by atoms with Gasteiger partial charge in [0.05, 0.1) is 5.56 Å². The Balaban J connectivity index is 1.64. The van der Waals surface area contributed by atoms with Gasteiger partial charge in [-0.2, -0.15) is 0 Å². The predicted octanol–water partition coefficient (Wildman–Crippen LogP) is 1.67. The van der Waals surface area contributed by atoms with Crippen molar-refractivity contribution in [2.45, 2.75) is 0 Å². The molecule has 0 atom stereocenters. The zero-order chi connectivity index (χ0) is 16.2. The van der Waals surface area contributed by atoms with Crippen LogP contribution >= 0.6 is 0 Å². The molecule has 0 amide bonds. The van der Waals surface area contributed by atoms with Gasteiger partial charge in [0, 0.05) is 49.9 Å². The molecular weight excluding hydrogens is 294 g/mol. The number of rotatable bonds is 4. The molecule has 0 saturated carbocycles. The van der Waals surface area contributed by atoms with Crippen molar-refractivity contribution in [2.24, 2.45) is 0 Å². The minimum atomic E-state index is -1.03. The Morgan fingerprint density at radius 3 is 2.26 bits per heavy atom. The number of likely N-dealkylation sites (N-methyl/N-ethyl adjacent to an activating group) is 1. The van der Waals surface area contributed by atoms with Crippen LogP contribution in [0.5, 0.6) is 0 Å². The minimum Gasteiger partial charge on any atom is -0.478 e. The highest BCUT2D eigenvalue weighted by atomic mass is 16.4. The highest BCUT2D eigenvalue weighted by Gasteiger charge is 2.14. The van der Waals surface area contributed by atoms with Crippen molar-refractivity contribution < 1.29 is 9.90 Å². The molecule has 7 nitrogen and oxygen atoms in total. The fourth-order valence-corrected chi connectivity index (χ4v) is 2.45. The summed E-state index contributed by atoms with van der Waals surface area (Å²) in [5, 5.41) is 11.9. The van der Waals surface area contributed by atoms with Gasteiger partial charge in [0.15, 0.2) is 0 Å². The first kappa shape index (κ1) is 15.2. The molecule has 0 unspecified atom stereocenters. The van der Waals surface area contributed by atoms with Crippen LogP contribution in [0.25, 0.3) is 0 Å².